The first kappa shape index (κ1) is 28.8. The summed E-state index contributed by atoms with van der Waals surface area (Å²) >= 11 is 8.36. The van der Waals surface area contributed by atoms with Crippen molar-refractivity contribution in [2.45, 2.75) is 32.6 Å². The molecule has 1 fully saturated rings. The van der Waals surface area contributed by atoms with Crippen LogP contribution in [-0.4, -0.2) is 45.3 Å². The number of nitrogens with zero attached hydrogens (tertiary/aromatic N) is 3. The van der Waals surface area contributed by atoms with Crippen molar-refractivity contribution in [1.29, 1.82) is 5.26 Å². The van der Waals surface area contributed by atoms with Crippen molar-refractivity contribution in [3.05, 3.63) is 81.6 Å². The first-order valence-electron chi connectivity index (χ1n) is 12.4. The third-order valence-corrected chi connectivity index (χ3v) is 7.46. The van der Waals surface area contributed by atoms with Crippen LogP contribution in [0.2, 0.25) is 5.02 Å². The molecule has 0 saturated carbocycles. The molecule has 3 rings (SSSR count). The monoisotopic (exact) mass is 537 g/mol. The van der Waals surface area contributed by atoms with Crippen LogP contribution in [0.25, 0.3) is 5.57 Å². The molecule has 6 nitrogen and oxygen atoms in total. The second-order valence-electron chi connectivity index (χ2n) is 9.28. The van der Waals surface area contributed by atoms with Gasteiger partial charge in [-0.2, -0.15) is 5.26 Å². The summed E-state index contributed by atoms with van der Waals surface area (Å²) in [7, 11) is 0. The Balaban J connectivity index is 1.83. The zero-order valence-corrected chi connectivity index (χ0v) is 23.6. The topological polar surface area (TPSA) is 86.7 Å². The molecule has 8 heteroatoms. The van der Waals surface area contributed by atoms with E-state index in [1.165, 1.54) is 0 Å². The number of allylic oxidation sites excluding steroid dienone is 2. The van der Waals surface area contributed by atoms with Gasteiger partial charge in [-0.3, -0.25) is 9.71 Å². The average Bonchev–Trinajstić information content (AvgIpc) is 2.92. The fraction of sp³-hybridized carbons (Fsp3) is 0.379. The Labute approximate surface area is 230 Å². The molecular weight excluding hydrogens is 502 g/mol. The van der Waals surface area contributed by atoms with Gasteiger partial charge in [-0.15, -0.1) is 0 Å². The van der Waals surface area contributed by atoms with Crippen LogP contribution in [-0.2, 0) is 10.2 Å². The van der Waals surface area contributed by atoms with E-state index >= 15 is 0 Å². The fourth-order valence-corrected chi connectivity index (χ4v) is 4.98. The fourth-order valence-electron chi connectivity index (χ4n) is 4.33. The lowest BCUT2D eigenvalue weighted by Gasteiger charge is -2.32. The zero-order valence-electron chi connectivity index (χ0n) is 22.1. The molecule has 2 aromatic rings. The smallest absolute Gasteiger partial charge is 0.101 e. The second kappa shape index (κ2) is 13.7. The third-order valence-electron chi connectivity index (χ3n) is 6.68. The summed E-state index contributed by atoms with van der Waals surface area (Å²) in [5.41, 5.74) is 11.9. The van der Waals surface area contributed by atoms with E-state index in [1.54, 1.807) is 18.1 Å². The number of rotatable bonds is 10. The van der Waals surface area contributed by atoms with Crippen LogP contribution in [0.15, 0.2) is 59.4 Å². The lowest BCUT2D eigenvalue weighted by molar-refractivity contribution is 0.122. The standard InChI is InChI=1S/C29H36ClN5OS/c1-5-26(10-11-34-37-4)33-20-23(19-32)21-6-8-24(9-7-21)29(2,3)25-16-22(18-31)28(27(30)17-25)35-12-14-36-15-13-35/h5-9,16-17,19-20,34H,10-15,32H2,1-4H3/b23-19+,26-5+,33-20+. The van der Waals surface area contributed by atoms with Crippen LogP contribution in [0.1, 0.15) is 49.4 Å². The van der Waals surface area contributed by atoms with E-state index in [-0.39, 0.29) is 5.41 Å². The summed E-state index contributed by atoms with van der Waals surface area (Å²) < 4.78 is 8.70. The van der Waals surface area contributed by atoms with E-state index in [1.807, 2.05) is 37.6 Å². The highest BCUT2D eigenvalue weighted by atomic mass is 35.5. The minimum Gasteiger partial charge on any atom is -0.404 e. The van der Waals surface area contributed by atoms with E-state index < -0.39 is 0 Å². The van der Waals surface area contributed by atoms with E-state index in [0.717, 1.165) is 59.7 Å². The van der Waals surface area contributed by atoms with Crippen molar-refractivity contribution in [1.82, 2.24) is 4.72 Å². The van der Waals surface area contributed by atoms with Gasteiger partial charge >= 0.3 is 0 Å². The minimum absolute atomic E-state index is 0.361. The van der Waals surface area contributed by atoms with Crippen LogP contribution in [0.4, 0.5) is 5.69 Å². The number of morpholine rings is 1. The van der Waals surface area contributed by atoms with Crippen LogP contribution in [0.5, 0.6) is 0 Å². The van der Waals surface area contributed by atoms with Crippen LogP contribution in [0, 0.1) is 11.3 Å². The molecule has 2 aromatic carbocycles. The maximum Gasteiger partial charge on any atom is 0.101 e. The van der Waals surface area contributed by atoms with Gasteiger partial charge < -0.3 is 15.4 Å². The van der Waals surface area contributed by atoms with Crippen molar-refractivity contribution in [3.63, 3.8) is 0 Å². The summed E-state index contributed by atoms with van der Waals surface area (Å²) in [5.74, 6) is 0. The van der Waals surface area contributed by atoms with E-state index in [2.05, 4.69) is 58.8 Å². The predicted octanol–water partition coefficient (Wildman–Crippen LogP) is 5.91. The Morgan fingerprint density at radius 1 is 1.24 bits per heavy atom. The van der Waals surface area contributed by atoms with Crippen molar-refractivity contribution in [2.75, 3.05) is 44.0 Å². The Hall–Kier alpha value is -2.76. The first-order chi connectivity index (χ1) is 17.8. The van der Waals surface area contributed by atoms with Gasteiger partial charge in [-0.1, -0.05) is 67.7 Å². The minimum atomic E-state index is -0.361. The number of aliphatic imine (C=N–C) groups is 1. The van der Waals surface area contributed by atoms with Crippen molar-refractivity contribution in [3.8, 4) is 6.07 Å². The molecule has 0 unspecified atom stereocenters. The second-order valence-corrected chi connectivity index (χ2v) is 10.4. The number of benzene rings is 2. The number of ether oxygens (including phenoxy) is 1. The Kier molecular flexibility index (Phi) is 10.7. The summed E-state index contributed by atoms with van der Waals surface area (Å²) in [6.07, 6.45) is 8.27. The number of nitrogens with two attached hydrogens (primary N) is 1. The van der Waals surface area contributed by atoms with E-state index in [4.69, 9.17) is 22.1 Å². The molecule has 0 atom stereocenters. The number of hydrogen-bond acceptors (Lipinski definition) is 7. The average molecular weight is 538 g/mol. The van der Waals surface area contributed by atoms with Gasteiger partial charge in [0.1, 0.15) is 6.07 Å². The molecule has 1 aliphatic rings. The molecule has 0 amide bonds. The summed E-state index contributed by atoms with van der Waals surface area (Å²) in [6, 6.07) is 14.6. The van der Waals surface area contributed by atoms with Gasteiger partial charge in [0, 0.05) is 55.2 Å². The lowest BCUT2D eigenvalue weighted by atomic mass is 9.77. The largest absolute Gasteiger partial charge is 0.404 e. The number of anilines is 1. The zero-order chi connectivity index (χ0) is 26.8. The quantitative estimate of drug-likeness (QED) is 0.223. The molecular formula is C29H36ClN5OS. The number of hydrogen-bond donors (Lipinski definition) is 2. The lowest BCUT2D eigenvalue weighted by Crippen LogP contribution is -2.37. The van der Waals surface area contributed by atoms with E-state index in [0.29, 0.717) is 23.8 Å². The van der Waals surface area contributed by atoms with Crippen molar-refractivity contribution < 1.29 is 4.74 Å². The van der Waals surface area contributed by atoms with Crippen molar-refractivity contribution >= 4 is 41.0 Å². The molecule has 0 bridgehead atoms. The molecule has 1 saturated heterocycles. The highest BCUT2D eigenvalue weighted by molar-refractivity contribution is 7.96. The van der Waals surface area contributed by atoms with Gasteiger partial charge in [0.05, 0.1) is 29.5 Å². The van der Waals surface area contributed by atoms with Crippen LogP contribution in [0.3, 0.4) is 0 Å². The van der Waals surface area contributed by atoms with E-state index in [9.17, 15) is 5.26 Å². The normalized spacial score (nSPS) is 15.3. The molecule has 0 aromatic heterocycles. The first-order valence-corrected chi connectivity index (χ1v) is 14.0. The van der Waals surface area contributed by atoms with Crippen LogP contribution >= 0.6 is 23.5 Å². The van der Waals surface area contributed by atoms with Gasteiger partial charge in [0.25, 0.3) is 0 Å². The number of nitriles is 1. The molecule has 0 aliphatic carbocycles. The predicted molar refractivity (Wildman–Crippen MR) is 158 cm³/mol. The molecule has 0 radical (unpaired) electrons. The number of nitrogens with one attached hydrogen (secondary N) is 1. The van der Waals surface area contributed by atoms with Gasteiger partial charge in [-0.05, 0) is 42.0 Å². The molecule has 1 aliphatic heterocycles. The maximum atomic E-state index is 9.92. The maximum absolute atomic E-state index is 9.92. The molecule has 196 valence electrons. The highest BCUT2D eigenvalue weighted by Crippen LogP contribution is 2.39. The number of halogens is 1. The molecule has 1 heterocycles. The van der Waals surface area contributed by atoms with Gasteiger partial charge in [-0.25, -0.2) is 0 Å². The Morgan fingerprint density at radius 3 is 2.54 bits per heavy atom. The van der Waals surface area contributed by atoms with Crippen LogP contribution < -0.4 is 15.4 Å². The Bertz CT molecular complexity index is 1190. The Morgan fingerprint density at radius 2 is 1.95 bits per heavy atom. The summed E-state index contributed by atoms with van der Waals surface area (Å²) in [4.78, 5) is 6.77. The highest BCUT2D eigenvalue weighted by Gasteiger charge is 2.27. The third kappa shape index (κ3) is 7.18. The summed E-state index contributed by atoms with van der Waals surface area (Å²) in [5, 5.41) is 10.5. The molecule has 3 N–H and O–H groups in total. The SMILES string of the molecule is C/C=C(CCNSC)/N=C/C(=C\N)c1ccc(C(C)(C)c2cc(Cl)c(N3CCOCC3)c(C#N)c2)cc1. The van der Waals surface area contributed by atoms with Gasteiger partial charge in [0.15, 0.2) is 0 Å². The van der Waals surface area contributed by atoms with Crippen molar-refractivity contribution in [2.24, 2.45) is 10.7 Å². The molecule has 0 spiro atoms. The summed E-state index contributed by atoms with van der Waals surface area (Å²) in [6.45, 7) is 9.86. The molecule has 37 heavy (non-hydrogen) atoms. The van der Waals surface area contributed by atoms with Gasteiger partial charge in [0.2, 0.25) is 0 Å².